The van der Waals surface area contributed by atoms with Crippen molar-refractivity contribution < 1.29 is 9.32 Å². The predicted molar refractivity (Wildman–Crippen MR) is 115 cm³/mol. The van der Waals surface area contributed by atoms with Crippen LogP contribution >= 0.6 is 0 Å². The fourth-order valence-electron chi connectivity index (χ4n) is 4.71. The lowest BCUT2D eigenvalue weighted by molar-refractivity contribution is -0.120. The number of likely N-dealkylation sites (N-methyl/N-ethyl adjacent to an activating group) is 1. The van der Waals surface area contributed by atoms with Gasteiger partial charge in [0.1, 0.15) is 11.7 Å². The van der Waals surface area contributed by atoms with Gasteiger partial charge in [-0.15, -0.1) is 0 Å². The first kappa shape index (κ1) is 18.8. The molecule has 1 fully saturated rings. The van der Waals surface area contributed by atoms with E-state index in [2.05, 4.69) is 22.0 Å². The Hall–Kier alpha value is -3.22. The number of benzene rings is 1. The summed E-state index contributed by atoms with van der Waals surface area (Å²) in [4.78, 5) is 26.6. The molecule has 7 heteroatoms. The molecule has 0 unspecified atom stereocenters. The Morgan fingerprint density at radius 3 is 2.63 bits per heavy atom. The maximum Gasteiger partial charge on any atom is 0.249 e. The SMILES string of the molecule is CC[C@@H]1C(=O)N(C)c2cnc(-c3cnoc3-c3ccccc3)nc2N1C1CCCC1. The summed E-state index contributed by atoms with van der Waals surface area (Å²) in [5.74, 6) is 2.16. The summed E-state index contributed by atoms with van der Waals surface area (Å²) in [6.07, 6.45) is 8.74. The predicted octanol–water partition coefficient (Wildman–Crippen LogP) is 4.30. The summed E-state index contributed by atoms with van der Waals surface area (Å²) in [5.41, 5.74) is 2.44. The van der Waals surface area contributed by atoms with E-state index >= 15 is 0 Å². The molecule has 7 nitrogen and oxygen atoms in total. The Morgan fingerprint density at radius 2 is 1.90 bits per heavy atom. The lowest BCUT2D eigenvalue weighted by Crippen LogP contribution is -2.55. The number of hydrogen-bond acceptors (Lipinski definition) is 6. The molecule has 0 bridgehead atoms. The number of hydrogen-bond donors (Lipinski definition) is 0. The summed E-state index contributed by atoms with van der Waals surface area (Å²) in [6.45, 7) is 2.07. The van der Waals surface area contributed by atoms with Crippen molar-refractivity contribution in [1.29, 1.82) is 0 Å². The quantitative estimate of drug-likeness (QED) is 0.646. The van der Waals surface area contributed by atoms with Crippen LogP contribution in [0.1, 0.15) is 39.0 Å². The highest BCUT2D eigenvalue weighted by Gasteiger charge is 2.41. The molecular formula is C23H25N5O2. The van der Waals surface area contributed by atoms with Gasteiger partial charge in [-0.1, -0.05) is 55.3 Å². The van der Waals surface area contributed by atoms with Crippen LogP contribution in [0.3, 0.4) is 0 Å². The molecule has 0 spiro atoms. The summed E-state index contributed by atoms with van der Waals surface area (Å²) >= 11 is 0. The van der Waals surface area contributed by atoms with Crippen molar-refractivity contribution >= 4 is 17.4 Å². The highest BCUT2D eigenvalue weighted by molar-refractivity contribution is 6.04. The van der Waals surface area contributed by atoms with Crippen molar-refractivity contribution in [3.05, 3.63) is 42.7 Å². The lowest BCUT2D eigenvalue weighted by atomic mass is 10.0. The molecule has 30 heavy (non-hydrogen) atoms. The van der Waals surface area contributed by atoms with Gasteiger partial charge in [0.15, 0.2) is 17.4 Å². The minimum atomic E-state index is -0.190. The molecule has 154 valence electrons. The summed E-state index contributed by atoms with van der Waals surface area (Å²) in [7, 11) is 1.81. The van der Waals surface area contributed by atoms with Crippen LogP contribution in [-0.4, -0.2) is 40.2 Å². The van der Waals surface area contributed by atoms with E-state index in [9.17, 15) is 4.79 Å². The monoisotopic (exact) mass is 403 g/mol. The molecule has 1 aliphatic carbocycles. The van der Waals surface area contributed by atoms with Crippen molar-refractivity contribution in [3.8, 4) is 22.7 Å². The smallest absolute Gasteiger partial charge is 0.249 e. The van der Waals surface area contributed by atoms with Crippen LogP contribution in [0.4, 0.5) is 11.5 Å². The van der Waals surface area contributed by atoms with Gasteiger partial charge >= 0.3 is 0 Å². The van der Waals surface area contributed by atoms with E-state index in [0.717, 1.165) is 41.9 Å². The maximum atomic E-state index is 13.0. The van der Waals surface area contributed by atoms with Crippen molar-refractivity contribution in [2.24, 2.45) is 0 Å². The van der Waals surface area contributed by atoms with Gasteiger partial charge < -0.3 is 14.3 Å². The van der Waals surface area contributed by atoms with E-state index in [0.29, 0.717) is 17.6 Å². The molecule has 2 aliphatic rings. The normalized spacial score (nSPS) is 19.4. The molecular weight excluding hydrogens is 378 g/mol. The van der Waals surface area contributed by atoms with Crippen LogP contribution in [0.2, 0.25) is 0 Å². The van der Waals surface area contributed by atoms with Crippen molar-refractivity contribution in [2.45, 2.75) is 51.1 Å². The van der Waals surface area contributed by atoms with Crippen LogP contribution in [0.25, 0.3) is 22.7 Å². The van der Waals surface area contributed by atoms with Crippen molar-refractivity contribution in [1.82, 2.24) is 15.1 Å². The van der Waals surface area contributed by atoms with Crippen LogP contribution in [-0.2, 0) is 4.79 Å². The third-order valence-electron chi connectivity index (χ3n) is 6.26. The molecule has 1 aliphatic heterocycles. The van der Waals surface area contributed by atoms with E-state index in [-0.39, 0.29) is 11.9 Å². The third-order valence-corrected chi connectivity index (χ3v) is 6.26. The van der Waals surface area contributed by atoms with Crippen molar-refractivity contribution in [2.75, 3.05) is 16.8 Å². The molecule has 0 saturated heterocycles. The summed E-state index contributed by atoms with van der Waals surface area (Å²) in [5, 5.41) is 4.01. The largest absolute Gasteiger partial charge is 0.356 e. The Bertz CT molecular complexity index is 1060. The van der Waals surface area contributed by atoms with Crippen LogP contribution in [0, 0.1) is 0 Å². The molecule has 2 aromatic heterocycles. The van der Waals surface area contributed by atoms with Gasteiger partial charge in [-0.2, -0.15) is 0 Å². The van der Waals surface area contributed by atoms with Crippen molar-refractivity contribution in [3.63, 3.8) is 0 Å². The highest BCUT2D eigenvalue weighted by Crippen LogP contribution is 2.41. The van der Waals surface area contributed by atoms with Gasteiger partial charge in [0.2, 0.25) is 5.91 Å². The number of carbonyl (C=O) groups excluding carboxylic acids is 1. The summed E-state index contributed by atoms with van der Waals surface area (Å²) < 4.78 is 5.55. The molecule has 1 atom stereocenters. The third kappa shape index (κ3) is 2.96. The molecule has 3 heterocycles. The summed E-state index contributed by atoms with van der Waals surface area (Å²) in [6, 6.07) is 9.99. The average Bonchev–Trinajstić information content (AvgIpc) is 3.48. The van der Waals surface area contributed by atoms with E-state index in [1.54, 1.807) is 17.3 Å². The second kappa shape index (κ2) is 7.55. The number of rotatable bonds is 4. The number of nitrogens with zero attached hydrogens (tertiary/aromatic N) is 5. The molecule has 1 saturated carbocycles. The molecule has 0 radical (unpaired) electrons. The lowest BCUT2D eigenvalue weighted by Gasteiger charge is -2.43. The minimum Gasteiger partial charge on any atom is -0.356 e. The van der Waals surface area contributed by atoms with E-state index in [1.165, 1.54) is 12.8 Å². The van der Waals surface area contributed by atoms with Gasteiger partial charge in [-0.05, 0) is 19.3 Å². The molecule has 3 aromatic rings. The fourth-order valence-corrected chi connectivity index (χ4v) is 4.71. The van der Waals surface area contributed by atoms with Gasteiger partial charge in [0, 0.05) is 18.7 Å². The average molecular weight is 403 g/mol. The highest BCUT2D eigenvalue weighted by atomic mass is 16.5. The zero-order chi connectivity index (χ0) is 20.7. The Morgan fingerprint density at radius 1 is 1.13 bits per heavy atom. The van der Waals surface area contributed by atoms with Crippen LogP contribution in [0.5, 0.6) is 0 Å². The van der Waals surface area contributed by atoms with Gasteiger partial charge in [0.05, 0.1) is 18.0 Å². The van der Waals surface area contributed by atoms with Gasteiger partial charge in [-0.3, -0.25) is 4.79 Å². The van der Waals surface area contributed by atoms with Gasteiger partial charge in [-0.25, -0.2) is 9.97 Å². The molecule has 5 rings (SSSR count). The molecule has 0 N–H and O–H groups in total. The Balaban J connectivity index is 1.63. The van der Waals surface area contributed by atoms with Gasteiger partial charge in [0.25, 0.3) is 0 Å². The number of aromatic nitrogens is 3. The molecule has 1 aromatic carbocycles. The standard InChI is InChI=1S/C23H25N5O2/c1-3-18-23(29)27(2)19-14-24-21(26-22(19)28(18)16-11-7-8-12-16)17-13-25-30-20(17)15-9-5-4-6-10-15/h4-6,9-10,13-14,16,18H,3,7-8,11-12H2,1-2H3/t18-/m1/s1. The topological polar surface area (TPSA) is 75.4 Å². The molecule has 1 amide bonds. The number of amides is 1. The van der Waals surface area contributed by atoms with E-state index in [1.807, 2.05) is 37.4 Å². The zero-order valence-corrected chi connectivity index (χ0v) is 17.3. The second-order valence-corrected chi connectivity index (χ2v) is 8.00. The van der Waals surface area contributed by atoms with Crippen LogP contribution in [0.15, 0.2) is 47.2 Å². The van der Waals surface area contributed by atoms with Crippen LogP contribution < -0.4 is 9.80 Å². The fraction of sp³-hybridized carbons (Fsp3) is 0.391. The minimum absolute atomic E-state index is 0.114. The first-order valence-corrected chi connectivity index (χ1v) is 10.6. The Kier molecular flexibility index (Phi) is 4.73. The number of fused-ring (bicyclic) bond motifs is 1. The zero-order valence-electron chi connectivity index (χ0n) is 17.3. The first-order chi connectivity index (χ1) is 14.7. The number of carbonyl (C=O) groups is 1. The first-order valence-electron chi connectivity index (χ1n) is 10.6. The second-order valence-electron chi connectivity index (χ2n) is 8.00. The Labute approximate surface area is 175 Å². The van der Waals surface area contributed by atoms with E-state index in [4.69, 9.17) is 9.51 Å². The van der Waals surface area contributed by atoms with E-state index < -0.39 is 0 Å². The maximum absolute atomic E-state index is 13.0. The number of anilines is 2.